The summed E-state index contributed by atoms with van der Waals surface area (Å²) in [6.45, 7) is 4.21. The van der Waals surface area contributed by atoms with E-state index in [0.717, 1.165) is 0 Å². The van der Waals surface area contributed by atoms with Crippen molar-refractivity contribution >= 4 is 27.3 Å². The Kier molecular flexibility index (Phi) is 6.26. The maximum Gasteiger partial charge on any atom is 0.254 e. The lowest BCUT2D eigenvalue weighted by molar-refractivity contribution is 0.100. The number of hydrogen-bond acceptors (Lipinski definition) is 6. The molecular weight excluding hydrogens is 461 g/mol. The monoisotopic (exact) mass is 489 g/mol. The van der Waals surface area contributed by atoms with Gasteiger partial charge in [0.2, 0.25) is 10.0 Å². The van der Waals surface area contributed by atoms with E-state index in [-0.39, 0.29) is 48.7 Å². The lowest BCUT2D eigenvalue weighted by Gasteiger charge is -2.42. The van der Waals surface area contributed by atoms with E-state index in [1.165, 1.54) is 34.1 Å². The van der Waals surface area contributed by atoms with Gasteiger partial charge in [0.15, 0.2) is 10.7 Å². The summed E-state index contributed by atoms with van der Waals surface area (Å²) >= 11 is 0. The summed E-state index contributed by atoms with van der Waals surface area (Å²) in [7, 11) is -2.72. The van der Waals surface area contributed by atoms with Gasteiger partial charge in [-0.1, -0.05) is 19.9 Å². The first-order chi connectivity index (χ1) is 16.2. The average Bonchev–Trinajstić information content (AvgIpc) is 3.42. The van der Waals surface area contributed by atoms with Gasteiger partial charge in [-0.25, -0.2) is 21.6 Å². The molecule has 1 amide bonds. The van der Waals surface area contributed by atoms with Gasteiger partial charge in [-0.05, 0) is 43.2 Å². The summed E-state index contributed by atoms with van der Waals surface area (Å²) in [5.41, 5.74) is 6.48. The van der Waals surface area contributed by atoms with Gasteiger partial charge in [0.05, 0.1) is 12.6 Å². The highest BCUT2D eigenvalue weighted by molar-refractivity contribution is 7.90. The molecule has 3 aromatic rings. The van der Waals surface area contributed by atoms with Gasteiger partial charge >= 0.3 is 0 Å². The zero-order chi connectivity index (χ0) is 24.7. The van der Waals surface area contributed by atoms with Crippen LogP contribution >= 0.6 is 0 Å². The third-order valence-electron chi connectivity index (χ3n) is 6.41. The van der Waals surface area contributed by atoms with Gasteiger partial charge in [-0.15, -0.1) is 5.10 Å². The second kappa shape index (κ2) is 8.88. The van der Waals surface area contributed by atoms with E-state index in [0.29, 0.717) is 11.9 Å². The summed E-state index contributed by atoms with van der Waals surface area (Å²) in [5.74, 6) is -0.961. The molecule has 11 heteroatoms. The number of sulfonamides is 1. The number of nitrogens with two attached hydrogens (primary N) is 1. The Morgan fingerprint density at radius 1 is 1.26 bits per heavy atom. The fourth-order valence-corrected chi connectivity index (χ4v) is 7.33. The molecule has 1 saturated heterocycles. The van der Waals surface area contributed by atoms with Crippen molar-refractivity contribution < 1.29 is 22.3 Å². The highest BCUT2D eigenvalue weighted by Gasteiger charge is 2.58. The van der Waals surface area contributed by atoms with Gasteiger partial charge in [-0.2, -0.15) is 0 Å². The fraction of sp³-hybridized carbons (Fsp3) is 0.391. The lowest BCUT2D eigenvalue weighted by Crippen LogP contribution is -2.54. The Morgan fingerprint density at radius 2 is 2.00 bits per heavy atom. The normalized spacial score (nSPS) is 18.7. The molecule has 0 aliphatic carbocycles. The Labute approximate surface area is 197 Å². The van der Waals surface area contributed by atoms with Crippen LogP contribution in [0.25, 0.3) is 5.52 Å². The number of primary amides is 1. The minimum Gasteiger partial charge on any atom is -0.496 e. The number of nitrogens with zero attached hydrogens (tertiary/aromatic N) is 4. The van der Waals surface area contributed by atoms with Crippen LogP contribution < -0.4 is 15.4 Å². The lowest BCUT2D eigenvalue weighted by atomic mass is 10.0. The van der Waals surface area contributed by atoms with Crippen LogP contribution in [0.15, 0.2) is 42.6 Å². The summed E-state index contributed by atoms with van der Waals surface area (Å²) in [5, 5.41) is 4.56. The van der Waals surface area contributed by atoms with Crippen LogP contribution in [0.4, 0.5) is 10.2 Å². The first-order valence-electron chi connectivity index (χ1n) is 11.1. The zero-order valence-electron chi connectivity index (χ0n) is 19.4. The van der Waals surface area contributed by atoms with Crippen molar-refractivity contribution in [1.82, 2.24) is 13.9 Å². The Bertz CT molecular complexity index is 1340. The molecule has 182 valence electrons. The van der Waals surface area contributed by atoms with Crippen LogP contribution in [0.2, 0.25) is 0 Å². The number of methoxy groups -OCH3 is 1. The molecular formula is C23H28FN5O4S. The molecule has 1 aromatic carbocycles. The molecule has 0 spiro atoms. The van der Waals surface area contributed by atoms with E-state index in [2.05, 4.69) is 5.10 Å². The number of halogens is 1. The summed E-state index contributed by atoms with van der Waals surface area (Å²) in [4.78, 5) is 12.4. The number of hydrogen-bond donors (Lipinski definition) is 1. The van der Waals surface area contributed by atoms with Crippen LogP contribution in [-0.2, 0) is 14.9 Å². The molecule has 4 rings (SSSR count). The second-order valence-corrected chi connectivity index (χ2v) is 10.2. The van der Waals surface area contributed by atoms with Crippen LogP contribution in [0, 0.1) is 5.82 Å². The number of amides is 1. The van der Waals surface area contributed by atoms with E-state index < -0.39 is 26.6 Å². The molecule has 1 aliphatic rings. The molecule has 2 N–H and O–H groups in total. The van der Waals surface area contributed by atoms with Crippen LogP contribution in [-0.4, -0.2) is 55.0 Å². The van der Waals surface area contributed by atoms with Crippen LogP contribution in [0.5, 0.6) is 5.75 Å². The number of benzene rings is 1. The van der Waals surface area contributed by atoms with Crippen molar-refractivity contribution in [3.63, 3.8) is 0 Å². The number of ether oxygens (including phenoxy) is 1. The molecule has 0 bridgehead atoms. The van der Waals surface area contributed by atoms with Crippen molar-refractivity contribution in [2.45, 2.75) is 31.6 Å². The number of carbonyl (C=O) groups excluding carboxylic acids is 1. The molecule has 1 unspecified atom stereocenters. The predicted octanol–water partition coefficient (Wildman–Crippen LogP) is 2.71. The summed E-state index contributed by atoms with van der Waals surface area (Å²) < 4.78 is 51.6. The Morgan fingerprint density at radius 3 is 2.65 bits per heavy atom. The third-order valence-corrected chi connectivity index (χ3v) is 9.11. The van der Waals surface area contributed by atoms with E-state index in [9.17, 15) is 17.6 Å². The Hall–Kier alpha value is -3.18. The first kappa shape index (κ1) is 24.0. The number of rotatable bonds is 8. The minimum absolute atomic E-state index is 0.108. The molecule has 34 heavy (non-hydrogen) atoms. The summed E-state index contributed by atoms with van der Waals surface area (Å²) in [6.07, 6.45) is 2.27. The molecule has 0 radical (unpaired) electrons. The quantitative estimate of drug-likeness (QED) is 0.521. The molecule has 3 heterocycles. The smallest absolute Gasteiger partial charge is 0.254 e. The standard InChI is InChI=1S/C23H28FN5O4S/c1-4-27(5-2)34(31,32)23(17-15-16(24)10-11-19(17)33-3)12-8-13-28(23)22-20(21(25)30)18-9-6-7-14-29(18)26-22/h6-7,9-11,14-15H,4-5,8,12-13H2,1-3H3,(H2,25,30). The average molecular weight is 490 g/mol. The molecule has 1 aliphatic heterocycles. The second-order valence-electron chi connectivity index (χ2n) is 8.07. The van der Waals surface area contributed by atoms with Crippen LogP contribution in [0.3, 0.4) is 0 Å². The summed E-state index contributed by atoms with van der Waals surface area (Å²) in [6, 6.07) is 9.01. The van der Waals surface area contributed by atoms with Gasteiger partial charge < -0.3 is 15.4 Å². The van der Waals surface area contributed by atoms with Gasteiger partial charge in [0.1, 0.15) is 17.1 Å². The van der Waals surface area contributed by atoms with Gasteiger partial charge in [0, 0.05) is 31.4 Å². The van der Waals surface area contributed by atoms with Gasteiger partial charge in [0.25, 0.3) is 5.91 Å². The van der Waals surface area contributed by atoms with E-state index in [1.807, 2.05) is 0 Å². The van der Waals surface area contributed by atoms with Crippen molar-refractivity contribution in [3.8, 4) is 5.75 Å². The highest BCUT2D eigenvalue weighted by Crippen LogP contribution is 2.50. The van der Waals surface area contributed by atoms with E-state index >= 15 is 0 Å². The molecule has 1 atom stereocenters. The van der Waals surface area contributed by atoms with Gasteiger partial charge in [-0.3, -0.25) is 4.79 Å². The maximum atomic E-state index is 14.6. The maximum absolute atomic E-state index is 14.6. The number of pyridine rings is 1. The van der Waals surface area contributed by atoms with Crippen molar-refractivity contribution in [3.05, 3.63) is 59.5 Å². The van der Waals surface area contributed by atoms with Crippen molar-refractivity contribution in [1.29, 1.82) is 0 Å². The molecule has 0 saturated carbocycles. The molecule has 2 aromatic heterocycles. The zero-order valence-corrected chi connectivity index (χ0v) is 20.2. The predicted molar refractivity (Wildman–Crippen MR) is 127 cm³/mol. The van der Waals surface area contributed by atoms with Crippen LogP contribution in [0.1, 0.15) is 42.6 Å². The third kappa shape index (κ3) is 3.41. The van der Waals surface area contributed by atoms with E-state index in [4.69, 9.17) is 10.5 Å². The number of aromatic nitrogens is 2. The number of anilines is 1. The topological polar surface area (TPSA) is 110 Å². The molecule has 1 fully saturated rings. The Balaban J connectivity index is 2.10. The molecule has 9 nitrogen and oxygen atoms in total. The van der Waals surface area contributed by atoms with Crippen molar-refractivity contribution in [2.75, 3.05) is 31.6 Å². The minimum atomic E-state index is -4.13. The van der Waals surface area contributed by atoms with E-state index in [1.54, 1.807) is 43.1 Å². The van der Waals surface area contributed by atoms with Crippen molar-refractivity contribution in [2.24, 2.45) is 5.73 Å². The first-order valence-corrected chi connectivity index (χ1v) is 12.6. The fourth-order valence-electron chi connectivity index (χ4n) is 4.93. The highest BCUT2D eigenvalue weighted by atomic mass is 32.2. The number of carbonyl (C=O) groups is 1. The largest absolute Gasteiger partial charge is 0.496 e. The number of fused-ring (bicyclic) bond motifs is 1. The SMILES string of the molecule is CCN(CC)S(=O)(=O)C1(c2cc(F)ccc2OC)CCCN1c1nn2ccccc2c1C(N)=O.